The first-order valence-electron chi connectivity index (χ1n) is 13.6. The van der Waals surface area contributed by atoms with E-state index in [2.05, 4.69) is 75.6 Å². The Morgan fingerprint density at radius 1 is 1.08 bits per heavy atom. The Labute approximate surface area is 227 Å². The molecule has 198 valence electrons. The number of rotatable bonds is 7. The summed E-state index contributed by atoms with van der Waals surface area (Å²) in [4.78, 5) is 28.2. The number of hydrogen-bond acceptors (Lipinski definition) is 6. The number of nitrogens with one attached hydrogen (secondary N) is 1. The van der Waals surface area contributed by atoms with Gasteiger partial charge in [-0.15, -0.1) is 0 Å². The third kappa shape index (κ3) is 5.07. The molecule has 39 heavy (non-hydrogen) atoms. The Hall–Kier alpha value is -4.30. The molecule has 1 amide bonds. The molecule has 2 aromatic carbocycles. The summed E-state index contributed by atoms with van der Waals surface area (Å²) in [6.07, 6.45) is 11.5. The Morgan fingerprint density at radius 3 is 2.72 bits per heavy atom. The van der Waals surface area contributed by atoms with Crippen molar-refractivity contribution in [2.24, 2.45) is 18.7 Å². The number of pyridine rings is 1. The van der Waals surface area contributed by atoms with Crippen LogP contribution in [0.3, 0.4) is 0 Å². The zero-order valence-electron chi connectivity index (χ0n) is 22.1. The van der Waals surface area contributed by atoms with Crippen LogP contribution in [0.1, 0.15) is 30.9 Å². The van der Waals surface area contributed by atoms with E-state index in [1.54, 1.807) is 18.6 Å². The molecular weight excluding hydrogens is 486 g/mol. The fraction of sp³-hybridized carbons (Fsp3) is 0.290. The summed E-state index contributed by atoms with van der Waals surface area (Å²) in [7, 11) is 2.06. The molecule has 6 rings (SSSR count). The molecule has 3 N–H and O–H groups in total. The van der Waals surface area contributed by atoms with Gasteiger partial charge in [-0.2, -0.15) is 0 Å². The first-order valence-corrected chi connectivity index (χ1v) is 13.6. The molecule has 4 heterocycles. The quantitative estimate of drug-likeness (QED) is 0.316. The Morgan fingerprint density at radius 2 is 1.92 bits per heavy atom. The maximum atomic E-state index is 12.4. The van der Waals surface area contributed by atoms with Gasteiger partial charge in [0.2, 0.25) is 5.91 Å². The highest BCUT2D eigenvalue weighted by Gasteiger charge is 2.30. The molecule has 1 atom stereocenters. The van der Waals surface area contributed by atoms with Gasteiger partial charge in [0.05, 0.1) is 17.1 Å². The van der Waals surface area contributed by atoms with Gasteiger partial charge in [-0.25, -0.2) is 0 Å². The minimum Gasteiger partial charge on any atom is -0.378 e. The monoisotopic (exact) mass is 519 g/mol. The molecule has 1 aliphatic rings. The van der Waals surface area contributed by atoms with Gasteiger partial charge in [-0.1, -0.05) is 18.2 Å². The Bertz CT molecular complexity index is 1610. The fourth-order valence-electron chi connectivity index (χ4n) is 5.78. The van der Waals surface area contributed by atoms with Gasteiger partial charge in [0.25, 0.3) is 0 Å². The van der Waals surface area contributed by atoms with Gasteiger partial charge in [-0.3, -0.25) is 19.7 Å². The van der Waals surface area contributed by atoms with Crippen molar-refractivity contribution in [2.45, 2.75) is 25.3 Å². The van der Waals surface area contributed by atoms with Crippen LogP contribution in [-0.2, 0) is 11.8 Å². The number of piperidine rings is 1. The molecule has 5 aromatic rings. The summed E-state index contributed by atoms with van der Waals surface area (Å²) in [6.45, 7) is 1.88. The average Bonchev–Trinajstić information content (AvgIpc) is 3.36. The number of carbonyl (C=O) groups excluding carboxylic acids is 1. The molecule has 0 spiro atoms. The number of hydrogen-bond donors (Lipinski definition) is 2. The first kappa shape index (κ1) is 25.0. The third-order valence-corrected chi connectivity index (χ3v) is 7.86. The van der Waals surface area contributed by atoms with Crippen molar-refractivity contribution in [1.29, 1.82) is 0 Å². The van der Waals surface area contributed by atoms with Crippen LogP contribution >= 0.6 is 0 Å². The van der Waals surface area contributed by atoms with E-state index in [0.717, 1.165) is 59.3 Å². The number of anilines is 1. The van der Waals surface area contributed by atoms with Crippen molar-refractivity contribution in [3.8, 4) is 11.1 Å². The number of nitrogens with two attached hydrogens (primary N) is 1. The molecule has 0 saturated carbocycles. The van der Waals surface area contributed by atoms with Gasteiger partial charge in [0, 0.05) is 80.9 Å². The van der Waals surface area contributed by atoms with E-state index in [4.69, 9.17) is 10.7 Å². The molecule has 0 radical (unpaired) electrons. The van der Waals surface area contributed by atoms with Crippen molar-refractivity contribution >= 4 is 33.5 Å². The molecule has 0 bridgehead atoms. The summed E-state index contributed by atoms with van der Waals surface area (Å²) >= 11 is 0. The van der Waals surface area contributed by atoms with E-state index in [9.17, 15) is 4.79 Å². The zero-order chi connectivity index (χ0) is 26.8. The van der Waals surface area contributed by atoms with Crippen LogP contribution in [0, 0.1) is 5.92 Å². The van der Waals surface area contributed by atoms with Crippen LogP contribution < -0.4 is 11.1 Å². The summed E-state index contributed by atoms with van der Waals surface area (Å²) in [5.74, 6) is 0.492. The van der Waals surface area contributed by atoms with Crippen LogP contribution in [0.15, 0.2) is 79.5 Å². The molecule has 8 nitrogen and oxygen atoms in total. The van der Waals surface area contributed by atoms with Crippen LogP contribution in [0.4, 0.5) is 5.69 Å². The largest absolute Gasteiger partial charge is 0.378 e. The minimum atomic E-state index is 0.0442. The smallest absolute Gasteiger partial charge is 0.223 e. The van der Waals surface area contributed by atoms with Crippen molar-refractivity contribution in [3.63, 3.8) is 0 Å². The topological polar surface area (TPSA) is 102 Å². The number of aromatic nitrogens is 4. The molecular formula is C31H33N7O. The number of aryl methyl sites for hydroxylation is 1. The van der Waals surface area contributed by atoms with E-state index in [1.807, 2.05) is 17.2 Å². The van der Waals surface area contributed by atoms with E-state index < -0.39 is 0 Å². The molecule has 0 aliphatic carbocycles. The lowest BCUT2D eigenvalue weighted by Gasteiger charge is -2.37. The van der Waals surface area contributed by atoms with E-state index in [0.29, 0.717) is 18.9 Å². The number of nitrogens with zero attached hydrogens (tertiary/aromatic N) is 5. The second-order valence-electron chi connectivity index (χ2n) is 10.3. The molecule has 1 aliphatic heterocycles. The number of likely N-dealkylation sites (tertiary alicyclic amines) is 1. The first-order chi connectivity index (χ1) is 19.1. The van der Waals surface area contributed by atoms with Crippen molar-refractivity contribution in [2.75, 3.05) is 25.0 Å². The molecule has 1 unspecified atom stereocenters. The van der Waals surface area contributed by atoms with Crippen molar-refractivity contribution in [1.82, 2.24) is 24.4 Å². The highest BCUT2D eigenvalue weighted by Crippen LogP contribution is 2.37. The Kier molecular flexibility index (Phi) is 6.94. The average molecular weight is 520 g/mol. The van der Waals surface area contributed by atoms with E-state index >= 15 is 0 Å². The third-order valence-electron chi connectivity index (χ3n) is 7.86. The van der Waals surface area contributed by atoms with E-state index in [-0.39, 0.29) is 11.9 Å². The lowest BCUT2D eigenvalue weighted by Crippen LogP contribution is -2.41. The second-order valence-corrected chi connectivity index (χ2v) is 10.3. The van der Waals surface area contributed by atoms with Crippen molar-refractivity contribution in [3.05, 3.63) is 85.1 Å². The maximum absolute atomic E-state index is 12.4. The number of fused-ring (bicyclic) bond motifs is 2. The predicted molar refractivity (Wildman–Crippen MR) is 155 cm³/mol. The van der Waals surface area contributed by atoms with E-state index in [1.165, 1.54) is 10.9 Å². The molecule has 3 aromatic heterocycles. The van der Waals surface area contributed by atoms with Crippen LogP contribution in [-0.4, -0.2) is 50.0 Å². The maximum Gasteiger partial charge on any atom is 0.223 e. The van der Waals surface area contributed by atoms with Crippen LogP contribution in [0.2, 0.25) is 0 Å². The number of benzene rings is 2. The molecule has 1 fully saturated rings. The normalized spacial score (nSPS) is 15.1. The molecule has 8 heteroatoms. The minimum absolute atomic E-state index is 0.0442. The highest BCUT2D eigenvalue weighted by atomic mass is 16.2. The van der Waals surface area contributed by atoms with Gasteiger partial charge >= 0.3 is 0 Å². The zero-order valence-corrected chi connectivity index (χ0v) is 22.1. The van der Waals surface area contributed by atoms with Crippen LogP contribution in [0.5, 0.6) is 0 Å². The van der Waals surface area contributed by atoms with Crippen LogP contribution in [0.25, 0.3) is 33.1 Å². The van der Waals surface area contributed by atoms with Gasteiger partial charge in [0.1, 0.15) is 0 Å². The standard InChI is InChI=1S/C31H33N7O/c1-37-14-7-21-4-5-23(17-28(21)37)26-18-25(19-27-31(26)35-13-12-34-27)36-30(24-3-2-11-33-20-24)22-8-15-38(16-9-22)29(39)6-10-32/h2-5,7,11-14,17-20,22,30,36H,6,8-10,15-16,32H2,1H3. The fourth-order valence-corrected chi connectivity index (χ4v) is 5.78. The van der Waals surface area contributed by atoms with Crippen molar-refractivity contribution < 1.29 is 4.79 Å². The number of carbonyl (C=O) groups is 1. The summed E-state index contributed by atoms with van der Waals surface area (Å²) < 4.78 is 2.14. The SMILES string of the molecule is Cn1ccc2ccc(-c3cc(NC(c4cccnc4)C4CCN(C(=O)CCN)CC4)cc4nccnc34)cc21. The highest BCUT2D eigenvalue weighted by molar-refractivity contribution is 5.97. The summed E-state index contributed by atoms with van der Waals surface area (Å²) in [5.41, 5.74) is 12.8. The van der Waals surface area contributed by atoms with Gasteiger partial charge in [0.15, 0.2) is 0 Å². The summed E-state index contributed by atoms with van der Waals surface area (Å²) in [6, 6.07) is 17.1. The Balaban J connectivity index is 1.36. The van der Waals surface area contributed by atoms with Gasteiger partial charge in [-0.05, 0) is 65.6 Å². The lowest BCUT2D eigenvalue weighted by molar-refractivity contribution is -0.132. The molecule has 1 saturated heterocycles. The summed E-state index contributed by atoms with van der Waals surface area (Å²) in [5, 5.41) is 5.05. The van der Waals surface area contributed by atoms with Gasteiger partial charge < -0.3 is 20.5 Å². The number of amides is 1. The predicted octanol–water partition coefficient (Wildman–Crippen LogP) is 4.92. The second kappa shape index (κ2) is 10.8. The lowest BCUT2D eigenvalue weighted by atomic mass is 9.85.